The second kappa shape index (κ2) is 7.08. The van der Waals surface area contributed by atoms with Crippen LogP contribution < -0.4 is 10.6 Å². The molecular formula is C15H23N7S. The van der Waals surface area contributed by atoms with E-state index in [0.29, 0.717) is 12.6 Å². The summed E-state index contributed by atoms with van der Waals surface area (Å²) in [6, 6.07) is 0.316. The summed E-state index contributed by atoms with van der Waals surface area (Å²) < 4.78 is 2.00. The molecule has 1 aliphatic rings. The van der Waals surface area contributed by atoms with Gasteiger partial charge in [-0.15, -0.1) is 11.3 Å². The van der Waals surface area contributed by atoms with Crippen LogP contribution in [0.3, 0.4) is 0 Å². The van der Waals surface area contributed by atoms with Gasteiger partial charge >= 0.3 is 0 Å². The van der Waals surface area contributed by atoms with E-state index in [-0.39, 0.29) is 0 Å². The molecule has 0 spiro atoms. The third kappa shape index (κ3) is 3.87. The molecule has 3 rings (SSSR count). The molecule has 7 nitrogen and oxygen atoms in total. The molecule has 0 aromatic carbocycles. The number of aliphatic imine (C=N–C) groups is 1. The van der Waals surface area contributed by atoms with E-state index in [2.05, 4.69) is 43.0 Å². The van der Waals surface area contributed by atoms with Gasteiger partial charge in [0.2, 0.25) is 0 Å². The summed E-state index contributed by atoms with van der Waals surface area (Å²) in [5.74, 6) is 2.73. The Balaban J connectivity index is 1.53. The van der Waals surface area contributed by atoms with Crippen LogP contribution >= 0.6 is 11.3 Å². The molecule has 0 aliphatic carbocycles. The molecule has 8 heteroatoms. The molecule has 0 radical (unpaired) electrons. The summed E-state index contributed by atoms with van der Waals surface area (Å²) in [7, 11) is 1.79. The molecule has 0 saturated carbocycles. The van der Waals surface area contributed by atoms with Gasteiger partial charge in [-0.2, -0.15) is 5.10 Å². The van der Waals surface area contributed by atoms with Crippen LogP contribution in [0.2, 0.25) is 0 Å². The first-order valence-electron chi connectivity index (χ1n) is 7.98. The number of aromatic nitrogens is 4. The number of nitrogens with one attached hydrogen (secondary N) is 2. The SMILES string of the molecule is CCc1nc(CNC(=NC)NC2CCc3nc(C)nn3C2)cs1. The summed E-state index contributed by atoms with van der Waals surface area (Å²) in [5.41, 5.74) is 1.06. The molecule has 1 aliphatic heterocycles. The fraction of sp³-hybridized carbons (Fsp3) is 0.600. The van der Waals surface area contributed by atoms with Gasteiger partial charge in [-0.1, -0.05) is 6.92 Å². The second-order valence-corrected chi connectivity index (χ2v) is 6.59. The first kappa shape index (κ1) is 15.9. The maximum absolute atomic E-state index is 4.57. The van der Waals surface area contributed by atoms with Crippen molar-refractivity contribution >= 4 is 17.3 Å². The Bertz CT molecular complexity index is 688. The quantitative estimate of drug-likeness (QED) is 0.651. The number of aryl methyl sites for hydroxylation is 3. The molecular weight excluding hydrogens is 310 g/mol. The van der Waals surface area contributed by atoms with Crippen molar-refractivity contribution in [2.45, 2.75) is 52.2 Å². The van der Waals surface area contributed by atoms with E-state index < -0.39 is 0 Å². The second-order valence-electron chi connectivity index (χ2n) is 5.65. The van der Waals surface area contributed by atoms with E-state index in [1.165, 1.54) is 5.01 Å². The van der Waals surface area contributed by atoms with E-state index in [1.54, 1.807) is 18.4 Å². The minimum Gasteiger partial charge on any atom is -0.352 e. The molecule has 1 unspecified atom stereocenters. The average molecular weight is 333 g/mol. The Morgan fingerprint density at radius 3 is 3.09 bits per heavy atom. The topological polar surface area (TPSA) is 80.0 Å². The van der Waals surface area contributed by atoms with Gasteiger partial charge in [-0.05, 0) is 19.8 Å². The first-order chi connectivity index (χ1) is 11.2. The van der Waals surface area contributed by atoms with Crippen molar-refractivity contribution in [2.24, 2.45) is 4.99 Å². The summed E-state index contributed by atoms with van der Waals surface area (Å²) in [4.78, 5) is 13.3. The Morgan fingerprint density at radius 1 is 1.48 bits per heavy atom. The normalized spacial score (nSPS) is 17.9. The zero-order chi connectivity index (χ0) is 16.2. The lowest BCUT2D eigenvalue weighted by molar-refractivity contribution is 0.392. The van der Waals surface area contributed by atoms with Crippen molar-refractivity contribution in [3.63, 3.8) is 0 Å². The third-order valence-corrected chi connectivity index (χ3v) is 4.91. The number of hydrogen-bond acceptors (Lipinski definition) is 5. The zero-order valence-corrected chi connectivity index (χ0v) is 14.7. The fourth-order valence-electron chi connectivity index (χ4n) is 2.71. The number of hydrogen-bond donors (Lipinski definition) is 2. The molecule has 0 fully saturated rings. The maximum atomic E-state index is 4.57. The van der Waals surface area contributed by atoms with Gasteiger partial charge in [0.25, 0.3) is 0 Å². The predicted octanol–water partition coefficient (Wildman–Crippen LogP) is 1.29. The van der Waals surface area contributed by atoms with Crippen LogP contribution in [0.15, 0.2) is 10.4 Å². The van der Waals surface area contributed by atoms with E-state index in [1.807, 2.05) is 11.6 Å². The van der Waals surface area contributed by atoms with Crippen molar-refractivity contribution in [3.05, 3.63) is 27.7 Å². The fourth-order valence-corrected chi connectivity index (χ4v) is 3.45. The average Bonchev–Trinajstić information content (AvgIpc) is 3.16. The highest BCUT2D eigenvalue weighted by Gasteiger charge is 2.21. The van der Waals surface area contributed by atoms with Gasteiger partial charge in [0.1, 0.15) is 11.6 Å². The van der Waals surface area contributed by atoms with Crippen LogP contribution in [0.5, 0.6) is 0 Å². The number of nitrogens with zero attached hydrogens (tertiary/aromatic N) is 5. The summed E-state index contributed by atoms with van der Waals surface area (Å²) in [6.45, 7) is 5.58. The van der Waals surface area contributed by atoms with Crippen LogP contribution in [-0.4, -0.2) is 38.8 Å². The van der Waals surface area contributed by atoms with Crippen molar-refractivity contribution in [1.82, 2.24) is 30.4 Å². The summed E-state index contributed by atoms with van der Waals surface area (Å²) in [5, 5.41) is 14.5. The van der Waals surface area contributed by atoms with E-state index in [9.17, 15) is 0 Å². The van der Waals surface area contributed by atoms with Gasteiger partial charge < -0.3 is 10.6 Å². The van der Waals surface area contributed by atoms with E-state index in [4.69, 9.17) is 0 Å². The summed E-state index contributed by atoms with van der Waals surface area (Å²) >= 11 is 1.71. The molecule has 2 aromatic rings. The van der Waals surface area contributed by atoms with Crippen LogP contribution in [0.25, 0.3) is 0 Å². The number of rotatable bonds is 4. The minimum atomic E-state index is 0.316. The molecule has 2 aromatic heterocycles. The molecule has 0 bridgehead atoms. The standard InChI is InChI=1S/C15H23N7S/c1-4-14-19-12(9-23-14)7-17-15(16-3)20-11-5-6-13-18-10(2)21-22(13)8-11/h9,11H,4-8H2,1-3H3,(H2,16,17,20). The third-order valence-electron chi connectivity index (χ3n) is 3.87. The molecule has 23 heavy (non-hydrogen) atoms. The van der Waals surface area contributed by atoms with Gasteiger partial charge in [-0.25, -0.2) is 14.6 Å². The monoisotopic (exact) mass is 333 g/mol. The summed E-state index contributed by atoms with van der Waals surface area (Å²) in [6.07, 6.45) is 2.97. The van der Waals surface area contributed by atoms with Gasteiger partial charge in [0.05, 0.1) is 23.8 Å². The highest BCUT2D eigenvalue weighted by Crippen LogP contribution is 2.13. The van der Waals surface area contributed by atoms with Crippen LogP contribution in [0.1, 0.15) is 35.7 Å². The lowest BCUT2D eigenvalue weighted by atomic mass is 10.1. The van der Waals surface area contributed by atoms with Gasteiger partial charge in [0, 0.05) is 24.9 Å². The molecule has 0 saturated heterocycles. The highest BCUT2D eigenvalue weighted by atomic mass is 32.1. The number of guanidine groups is 1. The van der Waals surface area contributed by atoms with Crippen molar-refractivity contribution < 1.29 is 0 Å². The number of thiazole rings is 1. The Morgan fingerprint density at radius 2 is 2.35 bits per heavy atom. The van der Waals surface area contributed by atoms with Gasteiger partial charge in [0.15, 0.2) is 5.96 Å². The maximum Gasteiger partial charge on any atom is 0.191 e. The van der Waals surface area contributed by atoms with E-state index in [0.717, 1.165) is 49.1 Å². The minimum absolute atomic E-state index is 0.316. The van der Waals surface area contributed by atoms with Gasteiger partial charge in [-0.3, -0.25) is 4.99 Å². The largest absolute Gasteiger partial charge is 0.352 e. The Kier molecular flexibility index (Phi) is 4.90. The molecule has 0 amide bonds. The van der Waals surface area contributed by atoms with Crippen LogP contribution in [-0.2, 0) is 25.9 Å². The van der Waals surface area contributed by atoms with E-state index >= 15 is 0 Å². The molecule has 3 heterocycles. The predicted molar refractivity (Wildman–Crippen MR) is 91.7 cm³/mol. The van der Waals surface area contributed by atoms with Crippen LogP contribution in [0, 0.1) is 6.92 Å². The smallest absolute Gasteiger partial charge is 0.191 e. The lowest BCUT2D eigenvalue weighted by Gasteiger charge is -2.25. The first-order valence-corrected chi connectivity index (χ1v) is 8.86. The zero-order valence-electron chi connectivity index (χ0n) is 13.8. The highest BCUT2D eigenvalue weighted by molar-refractivity contribution is 7.09. The molecule has 124 valence electrons. The molecule has 2 N–H and O–H groups in total. The molecule has 1 atom stereocenters. The Hall–Kier alpha value is -1.96. The lowest BCUT2D eigenvalue weighted by Crippen LogP contribution is -2.46. The number of fused-ring (bicyclic) bond motifs is 1. The van der Waals surface area contributed by atoms with Crippen molar-refractivity contribution in [1.29, 1.82) is 0 Å². The Labute approximate surface area is 140 Å². The van der Waals surface area contributed by atoms with Crippen LogP contribution in [0.4, 0.5) is 0 Å². The van der Waals surface area contributed by atoms with Crippen molar-refractivity contribution in [3.8, 4) is 0 Å². The van der Waals surface area contributed by atoms with Crippen molar-refractivity contribution in [2.75, 3.05) is 7.05 Å².